The summed E-state index contributed by atoms with van der Waals surface area (Å²) < 4.78 is 0. The van der Waals surface area contributed by atoms with Gasteiger partial charge in [-0.2, -0.15) is 0 Å². The second kappa shape index (κ2) is 8.51. The molecule has 4 N–H and O–H groups in total. The zero-order chi connectivity index (χ0) is 18.6. The lowest BCUT2D eigenvalue weighted by atomic mass is 9.85. The van der Waals surface area contributed by atoms with Crippen LogP contribution in [0.25, 0.3) is 0 Å². The molecule has 25 heavy (non-hydrogen) atoms. The van der Waals surface area contributed by atoms with E-state index in [0.29, 0.717) is 24.9 Å². The number of amides is 3. The number of carboxylic acid groups (broad SMARTS) is 1. The Kier molecular flexibility index (Phi) is 6.64. The van der Waals surface area contributed by atoms with Crippen LogP contribution in [0.15, 0.2) is 0 Å². The molecule has 0 aromatic rings. The van der Waals surface area contributed by atoms with E-state index in [1.807, 2.05) is 0 Å². The van der Waals surface area contributed by atoms with Crippen LogP contribution in [0.3, 0.4) is 0 Å². The maximum Gasteiger partial charge on any atom is 0.405 e. The summed E-state index contributed by atoms with van der Waals surface area (Å²) in [5, 5.41) is 17.7. The van der Waals surface area contributed by atoms with Gasteiger partial charge in [0.2, 0.25) is 11.8 Å². The Morgan fingerprint density at radius 1 is 1.24 bits per heavy atom. The Morgan fingerprint density at radius 3 is 2.56 bits per heavy atom. The monoisotopic (exact) mass is 354 g/mol. The summed E-state index contributed by atoms with van der Waals surface area (Å²) in [6.07, 6.45) is 1.81. The van der Waals surface area contributed by atoms with Crippen LogP contribution in [0, 0.1) is 5.92 Å². The quantitative estimate of drug-likeness (QED) is 0.556. The summed E-state index contributed by atoms with van der Waals surface area (Å²) in [7, 11) is 0. The normalized spacial score (nSPS) is 29.8. The van der Waals surface area contributed by atoms with Gasteiger partial charge in [-0.3, -0.25) is 9.59 Å². The Labute approximate surface area is 148 Å². The van der Waals surface area contributed by atoms with Gasteiger partial charge in [0.25, 0.3) is 0 Å². The average Bonchev–Trinajstić information content (AvgIpc) is 2.85. The third-order valence-electron chi connectivity index (χ3n) is 4.96. The fraction of sp³-hybridized carbons (Fsp3) is 0.824. The first-order chi connectivity index (χ1) is 11.8. The minimum atomic E-state index is -1.18. The van der Waals surface area contributed by atoms with Crippen LogP contribution in [0.1, 0.15) is 46.5 Å². The number of carbonyl (C=O) groups is 3. The number of nitrogens with one attached hydrogen (secondary N) is 3. The van der Waals surface area contributed by atoms with Gasteiger partial charge in [0.1, 0.15) is 6.04 Å². The molecule has 0 aromatic carbocycles. The van der Waals surface area contributed by atoms with Crippen LogP contribution < -0.4 is 16.0 Å². The fourth-order valence-corrected chi connectivity index (χ4v) is 3.85. The molecule has 2 fully saturated rings. The maximum absolute atomic E-state index is 12.5. The Hall–Kier alpha value is -1.83. The first-order valence-corrected chi connectivity index (χ1v) is 9.08. The topological polar surface area (TPSA) is 111 Å². The lowest BCUT2D eigenvalue weighted by molar-refractivity contribution is -0.133. The highest BCUT2D eigenvalue weighted by Gasteiger charge is 2.42. The molecule has 2 aliphatic rings. The fourth-order valence-electron chi connectivity index (χ4n) is 3.85. The molecule has 1 heterocycles. The van der Waals surface area contributed by atoms with E-state index >= 15 is 0 Å². The van der Waals surface area contributed by atoms with Gasteiger partial charge in [0.05, 0.1) is 12.1 Å². The number of likely N-dealkylation sites (tertiary alicyclic amines) is 1. The molecule has 0 radical (unpaired) electrons. The summed E-state index contributed by atoms with van der Waals surface area (Å²) in [5.41, 5.74) is 0. The van der Waals surface area contributed by atoms with Crippen molar-refractivity contribution in [3.8, 4) is 0 Å². The van der Waals surface area contributed by atoms with Crippen molar-refractivity contribution in [2.45, 2.75) is 70.6 Å². The molecule has 1 aliphatic heterocycles. The van der Waals surface area contributed by atoms with Crippen molar-refractivity contribution in [3.63, 3.8) is 0 Å². The summed E-state index contributed by atoms with van der Waals surface area (Å²) >= 11 is 0. The first kappa shape index (κ1) is 19.5. The van der Waals surface area contributed by atoms with Crippen molar-refractivity contribution in [3.05, 3.63) is 0 Å². The van der Waals surface area contributed by atoms with E-state index in [2.05, 4.69) is 29.8 Å². The summed E-state index contributed by atoms with van der Waals surface area (Å²) in [5.74, 6) is 0.266. The van der Waals surface area contributed by atoms with Crippen molar-refractivity contribution >= 4 is 17.9 Å². The van der Waals surface area contributed by atoms with Crippen LogP contribution in [0.2, 0.25) is 0 Å². The molecule has 1 saturated carbocycles. The molecule has 0 aromatic heterocycles. The van der Waals surface area contributed by atoms with E-state index in [0.717, 1.165) is 25.8 Å². The number of hydrogen-bond donors (Lipinski definition) is 4. The predicted octanol–water partition coefficient (Wildman–Crippen LogP) is 0.526. The van der Waals surface area contributed by atoms with Crippen LogP contribution >= 0.6 is 0 Å². The predicted molar refractivity (Wildman–Crippen MR) is 93.2 cm³/mol. The van der Waals surface area contributed by atoms with Crippen LogP contribution in [-0.2, 0) is 9.59 Å². The molecule has 8 nitrogen and oxygen atoms in total. The number of hydrogen-bond acceptors (Lipinski definition) is 4. The molecule has 0 spiro atoms. The molecular formula is C17H30N4O4. The minimum absolute atomic E-state index is 0.0749. The molecule has 8 heteroatoms. The van der Waals surface area contributed by atoms with E-state index < -0.39 is 12.1 Å². The van der Waals surface area contributed by atoms with Gasteiger partial charge < -0.3 is 26.0 Å². The van der Waals surface area contributed by atoms with E-state index in [-0.39, 0.29) is 23.9 Å². The molecule has 0 bridgehead atoms. The third kappa shape index (κ3) is 5.32. The SMILES string of the molecule is CC(=O)N[C@@H]1C[C@H](NCC(C)C)CC[C@@H]1N1CC[C@H](NC(=O)O)C1=O. The molecule has 4 atom stereocenters. The van der Waals surface area contributed by atoms with Crippen molar-refractivity contribution < 1.29 is 19.5 Å². The lowest BCUT2D eigenvalue weighted by Gasteiger charge is -2.41. The van der Waals surface area contributed by atoms with Gasteiger partial charge in [-0.1, -0.05) is 13.8 Å². The van der Waals surface area contributed by atoms with Crippen LogP contribution in [-0.4, -0.2) is 65.2 Å². The minimum Gasteiger partial charge on any atom is -0.465 e. The Morgan fingerprint density at radius 2 is 1.96 bits per heavy atom. The lowest BCUT2D eigenvalue weighted by Crippen LogP contribution is -2.58. The molecule has 2 rings (SSSR count). The number of carbonyl (C=O) groups excluding carboxylic acids is 2. The van der Waals surface area contributed by atoms with Crippen LogP contribution in [0.5, 0.6) is 0 Å². The smallest absolute Gasteiger partial charge is 0.405 e. The van der Waals surface area contributed by atoms with Gasteiger partial charge in [0, 0.05) is 19.5 Å². The Balaban J connectivity index is 2.02. The summed E-state index contributed by atoms with van der Waals surface area (Å²) in [6, 6.07) is -0.536. The van der Waals surface area contributed by atoms with Crippen molar-refractivity contribution in [2.75, 3.05) is 13.1 Å². The molecular weight excluding hydrogens is 324 g/mol. The van der Waals surface area contributed by atoms with E-state index in [4.69, 9.17) is 5.11 Å². The zero-order valence-electron chi connectivity index (χ0n) is 15.2. The van der Waals surface area contributed by atoms with Gasteiger partial charge >= 0.3 is 6.09 Å². The second-order valence-corrected chi connectivity index (χ2v) is 7.51. The molecule has 142 valence electrons. The van der Waals surface area contributed by atoms with Crippen LogP contribution in [0.4, 0.5) is 4.79 Å². The number of rotatable bonds is 6. The molecule has 0 unspecified atom stereocenters. The summed E-state index contributed by atoms with van der Waals surface area (Å²) in [4.78, 5) is 36.7. The zero-order valence-corrected chi connectivity index (χ0v) is 15.2. The summed E-state index contributed by atoms with van der Waals surface area (Å²) in [6.45, 7) is 7.25. The highest BCUT2D eigenvalue weighted by Crippen LogP contribution is 2.27. The number of nitrogens with zero attached hydrogens (tertiary/aromatic N) is 1. The second-order valence-electron chi connectivity index (χ2n) is 7.51. The molecule has 1 aliphatic carbocycles. The van der Waals surface area contributed by atoms with E-state index in [9.17, 15) is 14.4 Å². The van der Waals surface area contributed by atoms with Gasteiger partial charge in [0.15, 0.2) is 0 Å². The average molecular weight is 354 g/mol. The van der Waals surface area contributed by atoms with Crippen molar-refractivity contribution in [1.82, 2.24) is 20.9 Å². The van der Waals surface area contributed by atoms with Crippen molar-refractivity contribution in [1.29, 1.82) is 0 Å². The third-order valence-corrected chi connectivity index (χ3v) is 4.96. The molecule has 1 saturated heterocycles. The van der Waals surface area contributed by atoms with Gasteiger partial charge in [-0.05, 0) is 38.1 Å². The van der Waals surface area contributed by atoms with Gasteiger partial charge in [-0.15, -0.1) is 0 Å². The van der Waals surface area contributed by atoms with Crippen molar-refractivity contribution in [2.24, 2.45) is 5.92 Å². The first-order valence-electron chi connectivity index (χ1n) is 9.08. The largest absolute Gasteiger partial charge is 0.465 e. The highest BCUT2D eigenvalue weighted by atomic mass is 16.4. The Bertz CT molecular complexity index is 511. The molecule has 3 amide bonds. The maximum atomic E-state index is 12.5. The highest BCUT2D eigenvalue weighted by molar-refractivity contribution is 5.87. The van der Waals surface area contributed by atoms with E-state index in [1.165, 1.54) is 6.92 Å². The standard InChI is InChI=1S/C17H30N4O4/c1-10(2)9-18-12-4-5-15(14(8-12)19-11(3)22)21-7-6-13(16(21)23)20-17(24)25/h10,12-15,18,20H,4-9H2,1-3H3,(H,19,22)(H,24,25)/t12-,13+,14-,15+/m1/s1. The van der Waals surface area contributed by atoms with Gasteiger partial charge in [-0.25, -0.2) is 4.79 Å². The van der Waals surface area contributed by atoms with E-state index in [1.54, 1.807) is 4.90 Å².